The van der Waals surface area contributed by atoms with Gasteiger partial charge >= 0.3 is 5.97 Å². The molecule has 1 aliphatic rings. The zero-order chi connectivity index (χ0) is 10.1. The molecule has 5 heteroatoms. The molecule has 14 heavy (non-hydrogen) atoms. The lowest BCUT2D eigenvalue weighted by Gasteiger charge is -2.19. The zero-order valence-corrected chi connectivity index (χ0v) is 8.16. The molecule has 0 saturated carbocycles. The first-order chi connectivity index (χ1) is 6.70. The summed E-state index contributed by atoms with van der Waals surface area (Å²) in [6.07, 6.45) is 0.737. The predicted molar refractivity (Wildman–Crippen MR) is 52.5 cm³/mol. The number of rotatable bonds is 2. The third kappa shape index (κ3) is 1.39. The molecule has 74 valence electrons. The zero-order valence-electron chi connectivity index (χ0n) is 7.34. The quantitative estimate of drug-likeness (QED) is 0.802. The molecule has 1 atom stereocenters. The van der Waals surface area contributed by atoms with Crippen molar-refractivity contribution >= 4 is 28.2 Å². The summed E-state index contributed by atoms with van der Waals surface area (Å²) in [5.41, 5.74) is 0. The van der Waals surface area contributed by atoms with Crippen molar-refractivity contribution < 1.29 is 14.7 Å². The number of hydrogen-bond donors (Lipinski definition) is 1. The van der Waals surface area contributed by atoms with Gasteiger partial charge in [0.1, 0.15) is 6.04 Å². The first-order valence-corrected chi connectivity index (χ1v) is 5.16. The Bertz CT molecular complexity index is 360. The van der Waals surface area contributed by atoms with Crippen LogP contribution in [0.15, 0.2) is 17.5 Å². The molecule has 1 N–H and O–H groups in total. The van der Waals surface area contributed by atoms with Crippen molar-refractivity contribution in [1.82, 2.24) is 0 Å². The number of aliphatic carboxylic acids is 1. The minimum Gasteiger partial charge on any atom is -0.480 e. The number of hydrogen-bond acceptors (Lipinski definition) is 3. The van der Waals surface area contributed by atoms with Crippen LogP contribution in [0.1, 0.15) is 12.8 Å². The molecule has 1 aliphatic heterocycles. The monoisotopic (exact) mass is 211 g/mol. The van der Waals surface area contributed by atoms with Crippen LogP contribution in [-0.2, 0) is 9.59 Å². The largest absolute Gasteiger partial charge is 0.480 e. The first kappa shape index (κ1) is 9.21. The number of anilines is 1. The summed E-state index contributed by atoms with van der Waals surface area (Å²) in [6.45, 7) is 0. The lowest BCUT2D eigenvalue weighted by molar-refractivity contribution is -0.138. The number of carbonyl (C=O) groups is 2. The van der Waals surface area contributed by atoms with Crippen LogP contribution in [0.3, 0.4) is 0 Å². The highest BCUT2D eigenvalue weighted by Gasteiger charge is 2.37. The van der Waals surface area contributed by atoms with Gasteiger partial charge in [0.2, 0.25) is 5.91 Å². The SMILES string of the molecule is O=C(O)[C@@H]1CCC(=O)N1c1cccs1. The van der Waals surface area contributed by atoms with Crippen LogP contribution in [0.2, 0.25) is 0 Å². The van der Waals surface area contributed by atoms with Gasteiger partial charge in [0.05, 0.1) is 5.00 Å². The van der Waals surface area contributed by atoms with E-state index in [1.54, 1.807) is 6.07 Å². The highest BCUT2D eigenvalue weighted by molar-refractivity contribution is 7.14. The third-order valence-electron chi connectivity index (χ3n) is 2.24. The summed E-state index contributed by atoms with van der Waals surface area (Å²) >= 11 is 1.39. The first-order valence-electron chi connectivity index (χ1n) is 4.28. The molecule has 4 nitrogen and oxygen atoms in total. The van der Waals surface area contributed by atoms with E-state index in [4.69, 9.17) is 5.11 Å². The molecule has 1 aromatic heterocycles. The Morgan fingerprint density at radius 1 is 1.64 bits per heavy atom. The Hall–Kier alpha value is -1.36. The third-order valence-corrected chi connectivity index (χ3v) is 3.11. The Balaban J connectivity index is 2.31. The number of nitrogens with zero attached hydrogens (tertiary/aromatic N) is 1. The average Bonchev–Trinajstić information content (AvgIpc) is 2.71. The summed E-state index contributed by atoms with van der Waals surface area (Å²) < 4.78 is 0. The average molecular weight is 211 g/mol. The molecule has 1 saturated heterocycles. The summed E-state index contributed by atoms with van der Waals surface area (Å²) in [4.78, 5) is 23.7. The number of amides is 1. The van der Waals surface area contributed by atoms with Gasteiger partial charge in [-0.05, 0) is 23.9 Å². The molecule has 0 bridgehead atoms. The number of carbonyl (C=O) groups excluding carboxylic acids is 1. The lowest BCUT2D eigenvalue weighted by atomic mass is 10.2. The normalized spacial score (nSPS) is 21.6. The van der Waals surface area contributed by atoms with Crippen LogP contribution in [0, 0.1) is 0 Å². The van der Waals surface area contributed by atoms with Crippen LogP contribution in [-0.4, -0.2) is 23.0 Å². The fourth-order valence-electron chi connectivity index (χ4n) is 1.60. The molecule has 0 aliphatic carbocycles. The second-order valence-corrected chi connectivity index (χ2v) is 4.03. The van der Waals surface area contributed by atoms with Gasteiger partial charge in [-0.1, -0.05) is 0 Å². The van der Waals surface area contributed by atoms with E-state index in [1.807, 2.05) is 11.4 Å². The van der Waals surface area contributed by atoms with Gasteiger partial charge in [0, 0.05) is 6.42 Å². The van der Waals surface area contributed by atoms with E-state index >= 15 is 0 Å². The maximum absolute atomic E-state index is 11.5. The van der Waals surface area contributed by atoms with Crippen molar-refractivity contribution in [2.45, 2.75) is 18.9 Å². The smallest absolute Gasteiger partial charge is 0.326 e. The van der Waals surface area contributed by atoms with Crippen molar-refractivity contribution in [3.63, 3.8) is 0 Å². The van der Waals surface area contributed by atoms with Crippen LogP contribution < -0.4 is 4.90 Å². The molecular weight excluding hydrogens is 202 g/mol. The van der Waals surface area contributed by atoms with E-state index in [0.717, 1.165) is 5.00 Å². The van der Waals surface area contributed by atoms with E-state index in [2.05, 4.69) is 0 Å². The van der Waals surface area contributed by atoms with Crippen LogP contribution in [0.5, 0.6) is 0 Å². The summed E-state index contributed by atoms with van der Waals surface area (Å²) in [5.74, 6) is -1.02. The van der Waals surface area contributed by atoms with Gasteiger partial charge < -0.3 is 5.11 Å². The minimum atomic E-state index is -0.927. The van der Waals surface area contributed by atoms with E-state index in [0.29, 0.717) is 12.8 Å². The molecule has 0 radical (unpaired) electrons. The van der Waals surface area contributed by atoms with Crippen LogP contribution >= 0.6 is 11.3 Å². The molecular formula is C9H9NO3S. The fraction of sp³-hybridized carbons (Fsp3) is 0.333. The van der Waals surface area contributed by atoms with Crippen molar-refractivity contribution in [3.8, 4) is 0 Å². The van der Waals surface area contributed by atoms with E-state index in [-0.39, 0.29) is 5.91 Å². The molecule has 1 fully saturated rings. The van der Waals surface area contributed by atoms with Crippen LogP contribution in [0.25, 0.3) is 0 Å². The minimum absolute atomic E-state index is 0.0974. The highest BCUT2D eigenvalue weighted by atomic mass is 32.1. The summed E-state index contributed by atoms with van der Waals surface area (Å²) in [5, 5.41) is 11.5. The number of carboxylic acids is 1. The van der Waals surface area contributed by atoms with Gasteiger partial charge in [0.25, 0.3) is 0 Å². The van der Waals surface area contributed by atoms with E-state index < -0.39 is 12.0 Å². The molecule has 0 unspecified atom stereocenters. The van der Waals surface area contributed by atoms with E-state index in [9.17, 15) is 9.59 Å². The van der Waals surface area contributed by atoms with Crippen molar-refractivity contribution in [1.29, 1.82) is 0 Å². The van der Waals surface area contributed by atoms with E-state index in [1.165, 1.54) is 16.2 Å². The van der Waals surface area contributed by atoms with Gasteiger partial charge in [-0.3, -0.25) is 9.69 Å². The Morgan fingerprint density at radius 3 is 3.00 bits per heavy atom. The molecule has 1 amide bonds. The lowest BCUT2D eigenvalue weighted by Crippen LogP contribution is -2.37. The van der Waals surface area contributed by atoms with Gasteiger partial charge in [0.15, 0.2) is 0 Å². The van der Waals surface area contributed by atoms with Crippen molar-refractivity contribution in [3.05, 3.63) is 17.5 Å². The topological polar surface area (TPSA) is 57.6 Å². The van der Waals surface area contributed by atoms with Crippen molar-refractivity contribution in [2.24, 2.45) is 0 Å². The van der Waals surface area contributed by atoms with Gasteiger partial charge in [-0.2, -0.15) is 0 Å². The predicted octanol–water partition coefficient (Wildman–Crippen LogP) is 1.33. The summed E-state index contributed by atoms with van der Waals surface area (Å²) in [6, 6.07) is 2.90. The molecule has 2 rings (SSSR count). The number of thiophene rings is 1. The summed E-state index contributed by atoms with van der Waals surface area (Å²) in [7, 11) is 0. The Labute approximate surface area is 84.8 Å². The maximum atomic E-state index is 11.5. The molecule has 1 aromatic rings. The van der Waals surface area contributed by atoms with Gasteiger partial charge in [-0.25, -0.2) is 4.79 Å². The van der Waals surface area contributed by atoms with Crippen LogP contribution in [0.4, 0.5) is 5.00 Å². The molecule has 2 heterocycles. The van der Waals surface area contributed by atoms with Crippen molar-refractivity contribution in [2.75, 3.05) is 4.90 Å². The number of carboxylic acid groups (broad SMARTS) is 1. The fourth-order valence-corrected chi connectivity index (χ4v) is 2.40. The maximum Gasteiger partial charge on any atom is 0.326 e. The second kappa shape index (κ2) is 3.42. The Morgan fingerprint density at radius 2 is 2.43 bits per heavy atom. The van der Waals surface area contributed by atoms with Gasteiger partial charge in [-0.15, -0.1) is 11.3 Å². The second-order valence-electron chi connectivity index (χ2n) is 3.11. The highest BCUT2D eigenvalue weighted by Crippen LogP contribution is 2.30. The Kier molecular flexibility index (Phi) is 2.25. The molecule has 0 aromatic carbocycles. The standard InChI is InChI=1S/C9H9NO3S/c11-7-4-3-6(9(12)13)10(7)8-2-1-5-14-8/h1-2,5-6H,3-4H2,(H,12,13)/t6-/m0/s1. The molecule has 0 spiro atoms.